The molecule has 3 aromatic carbocycles. The molecule has 1 heterocycles. The molecule has 2 N–H and O–H groups in total. The predicted octanol–water partition coefficient (Wildman–Crippen LogP) is 6.22. The number of hydrogen-bond donors (Lipinski definition) is 2. The maximum Gasteiger partial charge on any atom is 0.303 e. The van der Waals surface area contributed by atoms with Crippen molar-refractivity contribution >= 4 is 22.8 Å². The van der Waals surface area contributed by atoms with Gasteiger partial charge in [-0.3, -0.25) is 9.59 Å². The van der Waals surface area contributed by atoms with Gasteiger partial charge in [0.1, 0.15) is 0 Å². The first-order valence-corrected chi connectivity index (χ1v) is 12.1. The first-order chi connectivity index (χ1) is 16.9. The number of aliphatic carboxylic acids is 1. The molecule has 1 atom stereocenters. The number of carboxylic acid groups (broad SMARTS) is 1. The van der Waals surface area contributed by atoms with Gasteiger partial charge in [0.05, 0.1) is 6.04 Å². The maximum absolute atomic E-state index is 13.6. The van der Waals surface area contributed by atoms with Gasteiger partial charge in [0, 0.05) is 30.2 Å². The topological polar surface area (TPSA) is 71.3 Å². The lowest BCUT2D eigenvalue weighted by Crippen LogP contribution is -2.30. The van der Waals surface area contributed by atoms with Crippen LogP contribution in [0.15, 0.2) is 85.1 Å². The van der Waals surface area contributed by atoms with Crippen LogP contribution in [-0.4, -0.2) is 21.6 Å². The Balaban J connectivity index is 1.64. The minimum absolute atomic E-state index is 0.0179. The number of carbonyl (C=O) groups excluding carboxylic acids is 1. The van der Waals surface area contributed by atoms with Gasteiger partial charge in [0.2, 0.25) is 0 Å². The van der Waals surface area contributed by atoms with Gasteiger partial charge in [0.25, 0.3) is 5.91 Å². The molecule has 0 fully saturated rings. The highest BCUT2D eigenvalue weighted by atomic mass is 16.4. The number of rotatable bonds is 10. The van der Waals surface area contributed by atoms with E-state index < -0.39 is 5.97 Å². The van der Waals surface area contributed by atoms with Crippen molar-refractivity contribution in [3.63, 3.8) is 0 Å². The Labute approximate surface area is 206 Å². The van der Waals surface area contributed by atoms with E-state index in [-0.39, 0.29) is 18.4 Å². The number of aryl methyl sites for hydroxylation is 1. The van der Waals surface area contributed by atoms with Crippen LogP contribution in [0.1, 0.15) is 59.8 Å². The number of nitrogens with one attached hydrogen (secondary N) is 1. The van der Waals surface area contributed by atoms with Crippen molar-refractivity contribution in [3.05, 3.63) is 107 Å². The molecular weight excluding hydrogens is 436 g/mol. The Bertz CT molecular complexity index is 1310. The Morgan fingerprint density at radius 3 is 2.43 bits per heavy atom. The third kappa shape index (κ3) is 6.18. The highest BCUT2D eigenvalue weighted by Crippen LogP contribution is 2.24. The summed E-state index contributed by atoms with van der Waals surface area (Å²) in [7, 11) is 0. The normalized spacial score (nSPS) is 12.1. The van der Waals surface area contributed by atoms with Crippen LogP contribution in [0.4, 0.5) is 0 Å². The smallest absolute Gasteiger partial charge is 0.303 e. The van der Waals surface area contributed by atoms with E-state index in [1.807, 2.05) is 60.7 Å². The van der Waals surface area contributed by atoms with Gasteiger partial charge < -0.3 is 15.0 Å². The molecule has 35 heavy (non-hydrogen) atoms. The second kappa shape index (κ2) is 11.0. The molecule has 0 radical (unpaired) electrons. The van der Waals surface area contributed by atoms with Crippen molar-refractivity contribution in [3.8, 4) is 0 Å². The summed E-state index contributed by atoms with van der Waals surface area (Å²) < 4.78 is 2.16. The average Bonchev–Trinajstić information content (AvgIpc) is 3.25. The summed E-state index contributed by atoms with van der Waals surface area (Å²) in [5, 5.41) is 13.6. The molecule has 5 heteroatoms. The summed E-state index contributed by atoms with van der Waals surface area (Å²) in [6, 6.07) is 26.0. The van der Waals surface area contributed by atoms with Gasteiger partial charge in [-0.15, -0.1) is 0 Å². The molecule has 180 valence electrons. The molecule has 0 spiro atoms. The fraction of sp³-hybridized carbons (Fsp3) is 0.267. The summed E-state index contributed by atoms with van der Waals surface area (Å²) in [6.07, 6.45) is 3.16. The molecule has 1 unspecified atom stereocenters. The fourth-order valence-electron chi connectivity index (χ4n) is 4.54. The lowest BCUT2D eigenvalue weighted by atomic mass is 9.95. The van der Waals surface area contributed by atoms with Gasteiger partial charge in [-0.2, -0.15) is 0 Å². The van der Waals surface area contributed by atoms with Crippen LogP contribution < -0.4 is 5.32 Å². The van der Waals surface area contributed by atoms with E-state index in [0.717, 1.165) is 28.6 Å². The lowest BCUT2D eigenvalue weighted by Gasteiger charge is -2.22. The summed E-state index contributed by atoms with van der Waals surface area (Å²) >= 11 is 0. The average molecular weight is 469 g/mol. The number of amides is 1. The first-order valence-electron chi connectivity index (χ1n) is 12.1. The molecule has 0 bridgehead atoms. The number of carbonyl (C=O) groups is 2. The van der Waals surface area contributed by atoms with E-state index in [1.165, 1.54) is 5.39 Å². The van der Waals surface area contributed by atoms with Gasteiger partial charge in [0.15, 0.2) is 0 Å². The number of para-hydroxylation sites is 1. The number of aromatic nitrogens is 1. The number of fused-ring (bicyclic) bond motifs is 1. The van der Waals surface area contributed by atoms with Gasteiger partial charge >= 0.3 is 5.97 Å². The minimum Gasteiger partial charge on any atom is -0.481 e. The molecule has 0 aliphatic rings. The zero-order valence-corrected chi connectivity index (χ0v) is 20.3. The molecule has 4 aromatic rings. The molecule has 5 nitrogen and oxygen atoms in total. The molecule has 0 saturated carbocycles. The Morgan fingerprint density at radius 2 is 1.69 bits per heavy atom. The van der Waals surface area contributed by atoms with Crippen molar-refractivity contribution in [2.75, 3.05) is 0 Å². The predicted molar refractivity (Wildman–Crippen MR) is 140 cm³/mol. The Kier molecular flexibility index (Phi) is 7.66. The minimum atomic E-state index is -0.874. The van der Waals surface area contributed by atoms with E-state index in [0.29, 0.717) is 24.4 Å². The maximum atomic E-state index is 13.6. The van der Waals surface area contributed by atoms with E-state index in [1.54, 1.807) is 0 Å². The Morgan fingerprint density at radius 1 is 0.943 bits per heavy atom. The van der Waals surface area contributed by atoms with Gasteiger partial charge in [-0.1, -0.05) is 74.5 Å². The second-order valence-electron chi connectivity index (χ2n) is 9.45. The van der Waals surface area contributed by atoms with Crippen molar-refractivity contribution in [1.29, 1.82) is 0 Å². The molecule has 1 amide bonds. The number of carboxylic acids is 1. The van der Waals surface area contributed by atoms with Crippen molar-refractivity contribution < 1.29 is 14.7 Å². The standard InChI is InChI=1S/C30H32N2O3/c1-21(2)18-27(24-8-4-3-5-9-24)31-30(35)26-19-22(12-13-23(26)14-15-29(33)34)20-32-17-16-25-10-6-7-11-28(25)32/h3-13,16-17,19,21,27H,14-15,18,20H2,1-2H3,(H,31,35)(H,33,34). The highest BCUT2D eigenvalue weighted by molar-refractivity contribution is 5.96. The van der Waals surface area contributed by atoms with E-state index in [4.69, 9.17) is 0 Å². The monoisotopic (exact) mass is 468 g/mol. The van der Waals surface area contributed by atoms with Crippen LogP contribution in [0.2, 0.25) is 0 Å². The summed E-state index contributed by atoms with van der Waals surface area (Å²) in [5.74, 6) is -0.638. The molecule has 0 aliphatic heterocycles. The zero-order valence-electron chi connectivity index (χ0n) is 20.3. The van der Waals surface area contributed by atoms with Gasteiger partial charge in [-0.25, -0.2) is 0 Å². The molecule has 0 aliphatic carbocycles. The van der Waals surface area contributed by atoms with Crippen molar-refractivity contribution in [2.45, 2.75) is 45.7 Å². The summed E-state index contributed by atoms with van der Waals surface area (Å²) in [4.78, 5) is 24.8. The van der Waals surface area contributed by atoms with E-state index in [2.05, 4.69) is 48.1 Å². The fourth-order valence-corrected chi connectivity index (χ4v) is 4.54. The van der Waals surface area contributed by atoms with E-state index >= 15 is 0 Å². The van der Waals surface area contributed by atoms with Crippen LogP contribution in [0.25, 0.3) is 10.9 Å². The largest absolute Gasteiger partial charge is 0.481 e. The number of hydrogen-bond acceptors (Lipinski definition) is 2. The second-order valence-corrected chi connectivity index (χ2v) is 9.45. The van der Waals surface area contributed by atoms with Crippen molar-refractivity contribution in [2.24, 2.45) is 5.92 Å². The number of nitrogens with zero attached hydrogens (tertiary/aromatic N) is 1. The van der Waals surface area contributed by atoms with Crippen LogP contribution in [0.3, 0.4) is 0 Å². The Hall–Kier alpha value is -3.86. The van der Waals surface area contributed by atoms with Gasteiger partial charge in [-0.05, 0) is 59.0 Å². The molecular formula is C30H32N2O3. The summed E-state index contributed by atoms with van der Waals surface area (Å²) in [5.41, 5.74) is 4.49. The van der Waals surface area contributed by atoms with Crippen LogP contribution in [0, 0.1) is 5.92 Å². The lowest BCUT2D eigenvalue weighted by molar-refractivity contribution is -0.136. The third-order valence-electron chi connectivity index (χ3n) is 6.27. The summed E-state index contributed by atoms with van der Waals surface area (Å²) in [6.45, 7) is 4.91. The molecule has 4 rings (SSSR count). The SMILES string of the molecule is CC(C)CC(NC(=O)c1cc(Cn2ccc3ccccc32)ccc1CCC(=O)O)c1ccccc1. The van der Waals surface area contributed by atoms with Crippen molar-refractivity contribution in [1.82, 2.24) is 9.88 Å². The van der Waals surface area contributed by atoms with Crippen LogP contribution in [-0.2, 0) is 17.8 Å². The molecule has 1 aromatic heterocycles. The zero-order chi connectivity index (χ0) is 24.8. The first kappa shape index (κ1) is 24.3. The van der Waals surface area contributed by atoms with Crippen LogP contribution in [0.5, 0.6) is 0 Å². The third-order valence-corrected chi connectivity index (χ3v) is 6.27. The highest BCUT2D eigenvalue weighted by Gasteiger charge is 2.20. The van der Waals surface area contributed by atoms with E-state index in [9.17, 15) is 14.7 Å². The number of benzene rings is 3. The van der Waals surface area contributed by atoms with Crippen LogP contribution >= 0.6 is 0 Å². The quantitative estimate of drug-likeness (QED) is 0.290. The molecule has 0 saturated heterocycles.